The Hall–Kier alpha value is -2.90. The standard InChI is InChI=1S/C24H28N4O2S/c1-24(2,23(29)30)17-13-18(31-15-17)10-12-25-21(16-7-4-3-5-8-16)20-14-27-19-9-6-11-26-22(19)28-20/h3-9,11,13,15,20-21,25,27H,10,12,14H2,1-2H3,(H,26,28)(H,29,30)/t20-,21-/m1/s1. The van der Waals surface area contributed by atoms with Crippen LogP contribution in [0, 0.1) is 0 Å². The van der Waals surface area contributed by atoms with Gasteiger partial charge in [-0.25, -0.2) is 4.98 Å². The molecule has 3 heterocycles. The second-order valence-corrected chi connectivity index (χ2v) is 9.35. The lowest BCUT2D eigenvalue weighted by molar-refractivity contribution is -0.142. The Balaban J connectivity index is 1.45. The first-order valence-corrected chi connectivity index (χ1v) is 11.4. The predicted molar refractivity (Wildman–Crippen MR) is 126 cm³/mol. The van der Waals surface area contributed by atoms with Crippen molar-refractivity contribution in [2.24, 2.45) is 0 Å². The van der Waals surface area contributed by atoms with E-state index < -0.39 is 11.4 Å². The minimum absolute atomic E-state index is 0.110. The van der Waals surface area contributed by atoms with Crippen molar-refractivity contribution in [3.05, 3.63) is 76.1 Å². The van der Waals surface area contributed by atoms with Crippen LogP contribution in [0.4, 0.5) is 11.5 Å². The van der Waals surface area contributed by atoms with Crippen LogP contribution in [-0.4, -0.2) is 35.2 Å². The monoisotopic (exact) mass is 436 g/mol. The Morgan fingerprint density at radius 2 is 2.10 bits per heavy atom. The molecule has 0 aliphatic carbocycles. The lowest BCUT2D eigenvalue weighted by Crippen LogP contribution is -2.44. The Bertz CT molecular complexity index is 1030. The van der Waals surface area contributed by atoms with Crippen molar-refractivity contribution in [1.29, 1.82) is 0 Å². The number of benzene rings is 1. The second-order valence-electron chi connectivity index (χ2n) is 8.36. The van der Waals surface area contributed by atoms with Gasteiger partial charge >= 0.3 is 5.97 Å². The van der Waals surface area contributed by atoms with Crippen LogP contribution in [0.15, 0.2) is 60.1 Å². The van der Waals surface area contributed by atoms with E-state index in [4.69, 9.17) is 0 Å². The Kier molecular flexibility index (Phi) is 6.25. The third kappa shape index (κ3) is 4.73. The van der Waals surface area contributed by atoms with Crippen LogP contribution in [0.1, 0.15) is 35.9 Å². The smallest absolute Gasteiger partial charge is 0.313 e. The highest BCUT2D eigenvalue weighted by Crippen LogP contribution is 2.30. The summed E-state index contributed by atoms with van der Waals surface area (Å²) in [5.41, 5.74) is 2.24. The number of hydrogen-bond acceptors (Lipinski definition) is 6. The molecule has 1 aliphatic rings. The number of hydrogen-bond donors (Lipinski definition) is 4. The first-order chi connectivity index (χ1) is 14.9. The number of rotatable bonds is 8. The van der Waals surface area contributed by atoms with Crippen molar-refractivity contribution in [3.63, 3.8) is 0 Å². The molecular formula is C24H28N4O2S. The molecule has 0 bridgehead atoms. The van der Waals surface area contributed by atoms with Gasteiger partial charge in [0.2, 0.25) is 0 Å². The molecule has 7 heteroatoms. The molecule has 4 rings (SSSR count). The predicted octanol–water partition coefficient (Wildman–Crippen LogP) is 4.28. The second kappa shape index (κ2) is 9.08. The van der Waals surface area contributed by atoms with Crippen molar-refractivity contribution in [1.82, 2.24) is 10.3 Å². The summed E-state index contributed by atoms with van der Waals surface area (Å²) in [4.78, 5) is 17.2. The van der Waals surface area contributed by atoms with E-state index in [1.807, 2.05) is 29.6 Å². The molecule has 2 aromatic heterocycles. The Morgan fingerprint density at radius 3 is 2.87 bits per heavy atom. The minimum Gasteiger partial charge on any atom is -0.481 e. The zero-order chi connectivity index (χ0) is 21.8. The third-order valence-corrected chi connectivity index (χ3v) is 6.85. The highest BCUT2D eigenvalue weighted by Gasteiger charge is 2.30. The van der Waals surface area contributed by atoms with Crippen LogP contribution in [0.2, 0.25) is 0 Å². The number of carboxylic acid groups (broad SMARTS) is 1. The first-order valence-electron chi connectivity index (χ1n) is 10.5. The number of pyridine rings is 1. The number of aliphatic carboxylic acids is 1. The Morgan fingerprint density at radius 1 is 1.29 bits per heavy atom. The molecule has 1 aromatic carbocycles. The van der Waals surface area contributed by atoms with Gasteiger partial charge in [0.1, 0.15) is 5.82 Å². The molecule has 4 N–H and O–H groups in total. The minimum atomic E-state index is -0.868. The summed E-state index contributed by atoms with van der Waals surface area (Å²) in [7, 11) is 0. The summed E-state index contributed by atoms with van der Waals surface area (Å²) >= 11 is 1.63. The van der Waals surface area contributed by atoms with Crippen molar-refractivity contribution in [3.8, 4) is 0 Å². The molecule has 0 unspecified atom stereocenters. The number of anilines is 2. The maximum Gasteiger partial charge on any atom is 0.313 e. The lowest BCUT2D eigenvalue weighted by Gasteiger charge is -2.34. The number of fused-ring (bicyclic) bond motifs is 1. The quantitative estimate of drug-likeness (QED) is 0.422. The van der Waals surface area contributed by atoms with Gasteiger partial charge in [-0.2, -0.15) is 0 Å². The van der Waals surface area contributed by atoms with Crippen molar-refractivity contribution < 1.29 is 9.90 Å². The molecule has 2 atom stereocenters. The van der Waals surface area contributed by atoms with Crippen LogP contribution in [0.5, 0.6) is 0 Å². The van der Waals surface area contributed by atoms with Gasteiger partial charge < -0.3 is 21.1 Å². The molecule has 0 saturated carbocycles. The van der Waals surface area contributed by atoms with E-state index in [0.29, 0.717) is 0 Å². The molecule has 0 amide bonds. The maximum absolute atomic E-state index is 11.5. The van der Waals surface area contributed by atoms with Gasteiger partial charge in [-0.3, -0.25) is 4.79 Å². The fourth-order valence-corrected chi connectivity index (χ4v) is 4.83. The topological polar surface area (TPSA) is 86.3 Å². The van der Waals surface area contributed by atoms with Crippen LogP contribution >= 0.6 is 11.3 Å². The molecule has 0 saturated heterocycles. The number of thiophene rings is 1. The summed E-state index contributed by atoms with van der Waals surface area (Å²) in [5, 5.41) is 22.2. The maximum atomic E-state index is 11.5. The highest BCUT2D eigenvalue weighted by molar-refractivity contribution is 7.10. The van der Waals surface area contributed by atoms with Crippen molar-refractivity contribution in [2.75, 3.05) is 23.7 Å². The zero-order valence-electron chi connectivity index (χ0n) is 17.8. The summed E-state index contributed by atoms with van der Waals surface area (Å²) in [6.07, 6.45) is 2.65. The normalized spacial score (nSPS) is 16.6. The molecule has 1 aliphatic heterocycles. The molecule has 6 nitrogen and oxygen atoms in total. The van der Waals surface area contributed by atoms with Gasteiger partial charge in [0.15, 0.2) is 0 Å². The number of carbonyl (C=O) groups is 1. The average molecular weight is 437 g/mol. The SMILES string of the molecule is CC(C)(C(=O)O)c1csc(CCN[C@H](c2ccccc2)[C@H]2CNc3cccnc3N2)c1. The molecule has 0 radical (unpaired) electrons. The van der Waals surface area contributed by atoms with Gasteiger partial charge in [0.05, 0.1) is 23.2 Å². The summed E-state index contributed by atoms with van der Waals surface area (Å²) in [6, 6.07) is 16.7. The van der Waals surface area contributed by atoms with E-state index >= 15 is 0 Å². The molecule has 31 heavy (non-hydrogen) atoms. The summed E-state index contributed by atoms with van der Waals surface area (Å²) < 4.78 is 0. The van der Waals surface area contributed by atoms with Crippen molar-refractivity contribution >= 4 is 28.8 Å². The lowest BCUT2D eigenvalue weighted by atomic mass is 9.86. The first kappa shape index (κ1) is 21.3. The van der Waals surface area contributed by atoms with Crippen LogP contribution in [0.3, 0.4) is 0 Å². The van der Waals surface area contributed by atoms with Gasteiger partial charge in [0.25, 0.3) is 0 Å². The highest BCUT2D eigenvalue weighted by atomic mass is 32.1. The fourth-order valence-electron chi connectivity index (χ4n) is 3.78. The third-order valence-electron chi connectivity index (χ3n) is 5.85. The van der Waals surface area contributed by atoms with E-state index in [1.165, 1.54) is 10.4 Å². The van der Waals surface area contributed by atoms with E-state index in [-0.39, 0.29) is 12.1 Å². The summed E-state index contributed by atoms with van der Waals surface area (Å²) in [6.45, 7) is 5.08. The van der Waals surface area contributed by atoms with E-state index in [9.17, 15) is 9.90 Å². The molecule has 0 fully saturated rings. The van der Waals surface area contributed by atoms with Gasteiger partial charge in [0, 0.05) is 24.2 Å². The number of aromatic nitrogens is 1. The number of nitrogens with one attached hydrogen (secondary N) is 3. The van der Waals surface area contributed by atoms with Gasteiger partial charge in [-0.1, -0.05) is 30.3 Å². The average Bonchev–Trinajstić information content (AvgIpc) is 3.27. The van der Waals surface area contributed by atoms with Gasteiger partial charge in [-0.15, -0.1) is 11.3 Å². The number of carboxylic acids is 1. The summed E-state index contributed by atoms with van der Waals surface area (Å²) in [5.74, 6) is 0.0733. The molecule has 0 spiro atoms. The fraction of sp³-hybridized carbons (Fsp3) is 0.333. The Labute approximate surface area is 186 Å². The van der Waals surface area contributed by atoms with Crippen LogP contribution < -0.4 is 16.0 Å². The molecular weight excluding hydrogens is 408 g/mol. The molecule has 3 aromatic rings. The largest absolute Gasteiger partial charge is 0.481 e. The van der Waals surface area contributed by atoms with E-state index in [2.05, 4.69) is 45.2 Å². The van der Waals surface area contributed by atoms with Crippen molar-refractivity contribution in [2.45, 2.75) is 37.8 Å². The molecule has 162 valence electrons. The van der Waals surface area contributed by atoms with E-state index in [0.717, 1.165) is 36.6 Å². The van der Waals surface area contributed by atoms with Crippen LogP contribution in [0.25, 0.3) is 0 Å². The number of nitrogens with zero attached hydrogens (tertiary/aromatic N) is 1. The van der Waals surface area contributed by atoms with E-state index in [1.54, 1.807) is 31.4 Å². The van der Waals surface area contributed by atoms with Crippen LogP contribution in [-0.2, 0) is 16.6 Å². The zero-order valence-corrected chi connectivity index (χ0v) is 18.6. The van der Waals surface area contributed by atoms with Gasteiger partial charge in [-0.05, 0) is 55.0 Å².